The van der Waals surface area contributed by atoms with Gasteiger partial charge in [-0.3, -0.25) is 0 Å². The average Bonchev–Trinajstić information content (AvgIpc) is 2.31. The van der Waals surface area contributed by atoms with Gasteiger partial charge in [0, 0.05) is 9.79 Å². The fourth-order valence-corrected chi connectivity index (χ4v) is 2.78. The third-order valence-corrected chi connectivity index (χ3v) is 3.61. The molecule has 0 nitrogen and oxygen atoms in total. The Balaban J connectivity index is 2.28. The summed E-state index contributed by atoms with van der Waals surface area (Å²) < 4.78 is 0. The number of hydrogen-bond donors (Lipinski definition) is 0. The van der Waals surface area contributed by atoms with Crippen LogP contribution in [0.1, 0.15) is 25.3 Å². The second-order valence-electron chi connectivity index (χ2n) is 4.11. The summed E-state index contributed by atoms with van der Waals surface area (Å²) in [7, 11) is 0. The van der Waals surface area contributed by atoms with Gasteiger partial charge in [0.25, 0.3) is 0 Å². The first kappa shape index (κ1) is 11.3. The molecule has 82 valence electrons. The summed E-state index contributed by atoms with van der Waals surface area (Å²) in [5, 5.41) is 0. The lowest BCUT2D eigenvalue weighted by molar-refractivity contribution is 0.842. The summed E-state index contributed by atoms with van der Waals surface area (Å²) in [5.74, 6) is 0.576. The van der Waals surface area contributed by atoms with E-state index >= 15 is 0 Å². The Hall–Kier alpha value is -1.21. The van der Waals surface area contributed by atoms with Crippen molar-refractivity contribution >= 4 is 11.8 Å². The predicted molar refractivity (Wildman–Crippen MR) is 71.1 cm³/mol. The molecule has 1 heteroatoms. The van der Waals surface area contributed by atoms with Gasteiger partial charge in [0.2, 0.25) is 0 Å². The summed E-state index contributed by atoms with van der Waals surface area (Å²) >= 11 is 1.84. The van der Waals surface area contributed by atoms with Crippen LogP contribution in [-0.2, 0) is 0 Å². The Morgan fingerprint density at radius 2 is 1.44 bits per heavy atom. The molecule has 2 aromatic rings. The number of hydrogen-bond acceptors (Lipinski definition) is 1. The van der Waals surface area contributed by atoms with Crippen molar-refractivity contribution in [1.82, 2.24) is 0 Å². The summed E-state index contributed by atoms with van der Waals surface area (Å²) in [5.41, 5.74) is 1.43. The van der Waals surface area contributed by atoms with Crippen LogP contribution < -0.4 is 0 Å². The third-order valence-electron chi connectivity index (χ3n) is 2.51. The second kappa shape index (κ2) is 5.22. The van der Waals surface area contributed by atoms with Gasteiger partial charge in [-0.05, 0) is 29.7 Å². The van der Waals surface area contributed by atoms with E-state index < -0.39 is 0 Å². The van der Waals surface area contributed by atoms with Gasteiger partial charge in [0.1, 0.15) is 0 Å². The smallest absolute Gasteiger partial charge is 0.0156 e. The van der Waals surface area contributed by atoms with Crippen molar-refractivity contribution in [3.63, 3.8) is 0 Å². The molecule has 0 saturated carbocycles. The summed E-state index contributed by atoms with van der Waals surface area (Å²) in [6, 6.07) is 19.2. The highest BCUT2D eigenvalue weighted by Gasteiger charge is 2.06. The molecule has 0 aliphatic heterocycles. The number of rotatable bonds is 3. The normalized spacial score (nSPS) is 10.7. The quantitative estimate of drug-likeness (QED) is 0.715. The minimum atomic E-state index is 0.576. The van der Waals surface area contributed by atoms with Crippen LogP contribution >= 0.6 is 11.8 Å². The van der Waals surface area contributed by atoms with Crippen molar-refractivity contribution < 1.29 is 0 Å². The molecule has 0 aromatic heterocycles. The van der Waals surface area contributed by atoms with E-state index in [1.807, 2.05) is 11.8 Å². The molecule has 16 heavy (non-hydrogen) atoms. The highest BCUT2D eigenvalue weighted by atomic mass is 32.2. The van der Waals surface area contributed by atoms with Gasteiger partial charge in [0.05, 0.1) is 0 Å². The van der Waals surface area contributed by atoms with E-state index in [0.717, 1.165) is 0 Å². The Labute approximate surface area is 102 Å². The van der Waals surface area contributed by atoms with Gasteiger partial charge in [-0.1, -0.05) is 62.0 Å². The molecular weight excluding hydrogens is 212 g/mol. The van der Waals surface area contributed by atoms with E-state index in [4.69, 9.17) is 0 Å². The molecule has 2 aromatic carbocycles. The van der Waals surface area contributed by atoms with Crippen LogP contribution in [0.25, 0.3) is 0 Å². The monoisotopic (exact) mass is 228 g/mol. The van der Waals surface area contributed by atoms with Crippen molar-refractivity contribution in [1.29, 1.82) is 0 Å². The van der Waals surface area contributed by atoms with E-state index in [1.165, 1.54) is 15.4 Å². The first-order valence-corrected chi connectivity index (χ1v) is 6.41. The first-order chi connectivity index (χ1) is 7.77. The maximum atomic E-state index is 2.24. The topological polar surface area (TPSA) is 0 Å². The lowest BCUT2D eigenvalue weighted by Gasteiger charge is -2.11. The molecule has 0 amide bonds. The molecule has 0 heterocycles. The third kappa shape index (κ3) is 2.67. The Morgan fingerprint density at radius 1 is 0.812 bits per heavy atom. The second-order valence-corrected chi connectivity index (χ2v) is 5.22. The van der Waals surface area contributed by atoms with Crippen molar-refractivity contribution in [2.24, 2.45) is 0 Å². The fourth-order valence-electron chi connectivity index (χ4n) is 1.67. The fraction of sp³-hybridized carbons (Fsp3) is 0.200. The lowest BCUT2D eigenvalue weighted by Crippen LogP contribution is -1.89. The molecule has 0 radical (unpaired) electrons. The van der Waals surface area contributed by atoms with Crippen LogP contribution in [0.2, 0.25) is 0 Å². The van der Waals surface area contributed by atoms with Gasteiger partial charge in [-0.15, -0.1) is 0 Å². The van der Waals surface area contributed by atoms with Crippen molar-refractivity contribution in [2.45, 2.75) is 29.6 Å². The van der Waals surface area contributed by atoms with Gasteiger partial charge in [-0.2, -0.15) is 0 Å². The first-order valence-electron chi connectivity index (χ1n) is 5.59. The maximum Gasteiger partial charge on any atom is 0.0156 e. The average molecular weight is 228 g/mol. The van der Waals surface area contributed by atoms with Gasteiger partial charge < -0.3 is 0 Å². The molecule has 0 unspecified atom stereocenters. The van der Waals surface area contributed by atoms with Crippen LogP contribution in [0.5, 0.6) is 0 Å². The maximum absolute atomic E-state index is 2.24. The Morgan fingerprint density at radius 3 is 2.12 bits per heavy atom. The molecule has 2 rings (SSSR count). The highest BCUT2D eigenvalue weighted by molar-refractivity contribution is 7.99. The SMILES string of the molecule is CC(C)c1ccccc1Sc1ccccc1. The summed E-state index contributed by atoms with van der Waals surface area (Å²) in [6.45, 7) is 4.48. The summed E-state index contributed by atoms with van der Waals surface area (Å²) in [4.78, 5) is 2.67. The molecule has 0 saturated heterocycles. The largest absolute Gasteiger partial charge is 0.0898 e. The minimum Gasteiger partial charge on any atom is -0.0898 e. The van der Waals surface area contributed by atoms with Crippen molar-refractivity contribution in [3.05, 3.63) is 60.2 Å². The molecule has 0 spiro atoms. The zero-order valence-electron chi connectivity index (χ0n) is 9.68. The van der Waals surface area contributed by atoms with E-state index in [-0.39, 0.29) is 0 Å². The number of benzene rings is 2. The van der Waals surface area contributed by atoms with E-state index in [9.17, 15) is 0 Å². The molecule has 0 N–H and O–H groups in total. The van der Waals surface area contributed by atoms with Crippen LogP contribution in [0.3, 0.4) is 0 Å². The zero-order valence-corrected chi connectivity index (χ0v) is 10.5. The van der Waals surface area contributed by atoms with Crippen LogP contribution in [0, 0.1) is 0 Å². The van der Waals surface area contributed by atoms with Crippen LogP contribution in [-0.4, -0.2) is 0 Å². The van der Waals surface area contributed by atoms with Gasteiger partial charge in [-0.25, -0.2) is 0 Å². The molecule has 0 fully saturated rings. The van der Waals surface area contributed by atoms with Crippen molar-refractivity contribution in [2.75, 3.05) is 0 Å². The molecule has 0 atom stereocenters. The molecule has 0 aliphatic rings. The summed E-state index contributed by atoms with van der Waals surface area (Å²) in [6.07, 6.45) is 0. The van der Waals surface area contributed by atoms with Crippen molar-refractivity contribution in [3.8, 4) is 0 Å². The Bertz CT molecular complexity index is 446. The van der Waals surface area contributed by atoms with E-state index in [2.05, 4.69) is 68.4 Å². The predicted octanol–water partition coefficient (Wildman–Crippen LogP) is 4.96. The Kier molecular flexibility index (Phi) is 3.68. The zero-order chi connectivity index (χ0) is 11.4. The standard InChI is InChI=1S/C15H16S/c1-12(2)14-10-6-7-11-15(14)16-13-8-4-3-5-9-13/h3-12H,1-2H3. The van der Waals surface area contributed by atoms with E-state index in [0.29, 0.717) is 5.92 Å². The molecule has 0 bridgehead atoms. The minimum absolute atomic E-state index is 0.576. The highest BCUT2D eigenvalue weighted by Crippen LogP contribution is 2.33. The lowest BCUT2D eigenvalue weighted by atomic mass is 10.0. The van der Waals surface area contributed by atoms with Gasteiger partial charge in [0.15, 0.2) is 0 Å². The van der Waals surface area contributed by atoms with Crippen LogP contribution in [0.4, 0.5) is 0 Å². The van der Waals surface area contributed by atoms with E-state index in [1.54, 1.807) is 0 Å². The molecule has 0 aliphatic carbocycles. The molecular formula is C15H16S. The van der Waals surface area contributed by atoms with Crippen LogP contribution in [0.15, 0.2) is 64.4 Å². The van der Waals surface area contributed by atoms with Gasteiger partial charge >= 0.3 is 0 Å².